The molecule has 105 heavy (non-hydrogen) atoms. The van der Waals surface area contributed by atoms with Crippen LogP contribution in [-0.4, -0.2) is 96.7 Å². The van der Waals surface area contributed by atoms with E-state index in [2.05, 4.69) is 65.8 Å². The number of carbonyl (C=O) groups is 4. The highest BCUT2D eigenvalue weighted by Gasteiger charge is 2.30. The van der Waals surface area contributed by atoms with E-state index in [-0.39, 0.29) is 25.7 Å². The summed E-state index contributed by atoms with van der Waals surface area (Å²) in [5.41, 5.74) is 0. The van der Waals surface area contributed by atoms with Crippen molar-refractivity contribution < 1.29 is 80.2 Å². The Morgan fingerprint density at radius 3 is 0.857 bits per heavy atom. The van der Waals surface area contributed by atoms with Gasteiger partial charge in [0.15, 0.2) is 12.2 Å². The van der Waals surface area contributed by atoms with E-state index in [0.29, 0.717) is 25.7 Å². The van der Waals surface area contributed by atoms with Crippen molar-refractivity contribution in [3.63, 3.8) is 0 Å². The first kappa shape index (κ1) is 103. The van der Waals surface area contributed by atoms with Crippen LogP contribution in [0.4, 0.5) is 0 Å². The van der Waals surface area contributed by atoms with Gasteiger partial charge >= 0.3 is 39.5 Å². The first-order valence-corrected chi connectivity index (χ1v) is 46.8. The van der Waals surface area contributed by atoms with Crippen LogP contribution < -0.4 is 0 Å². The van der Waals surface area contributed by atoms with Crippen molar-refractivity contribution in [1.82, 2.24) is 0 Å². The number of phosphoric ester groups is 2. The van der Waals surface area contributed by atoms with Gasteiger partial charge in [0.25, 0.3) is 0 Å². The summed E-state index contributed by atoms with van der Waals surface area (Å²) < 4.78 is 68.9. The number of carbonyl (C=O) groups excluding carboxylic acids is 4. The first-order valence-electron chi connectivity index (χ1n) is 43.8. The highest BCUT2D eigenvalue weighted by atomic mass is 31.2. The Morgan fingerprint density at radius 2 is 0.562 bits per heavy atom. The number of aliphatic hydroxyl groups excluding tert-OH is 1. The molecular weight excluding hydrogens is 1370 g/mol. The molecule has 0 rings (SSSR count). The largest absolute Gasteiger partial charge is 0.472 e. The number of phosphoric acid groups is 2. The highest BCUT2D eigenvalue weighted by Crippen LogP contribution is 2.45. The Kier molecular flexibility index (Phi) is 75.1. The molecule has 620 valence electrons. The molecule has 0 aromatic carbocycles. The van der Waals surface area contributed by atoms with Gasteiger partial charge in [-0.15, -0.1) is 0 Å². The summed E-state index contributed by atoms with van der Waals surface area (Å²) in [6.07, 6.45) is 71.5. The molecule has 6 atom stereocenters. The van der Waals surface area contributed by atoms with Crippen molar-refractivity contribution in [3.05, 3.63) is 24.3 Å². The lowest BCUT2D eigenvalue weighted by Crippen LogP contribution is -2.30. The summed E-state index contributed by atoms with van der Waals surface area (Å²) in [4.78, 5) is 73.2. The van der Waals surface area contributed by atoms with Gasteiger partial charge in [-0.3, -0.25) is 37.3 Å². The van der Waals surface area contributed by atoms with E-state index in [1.807, 2.05) is 0 Å². The second-order valence-electron chi connectivity index (χ2n) is 31.0. The zero-order chi connectivity index (χ0) is 77.1. The molecule has 0 aromatic heterocycles. The summed E-state index contributed by atoms with van der Waals surface area (Å²) in [5, 5.41) is 10.7. The Morgan fingerprint density at radius 1 is 0.314 bits per heavy atom. The van der Waals surface area contributed by atoms with E-state index in [1.54, 1.807) is 0 Å². The zero-order valence-corrected chi connectivity index (χ0v) is 70.3. The molecule has 17 nitrogen and oxygen atoms in total. The summed E-state index contributed by atoms with van der Waals surface area (Å²) in [7, 11) is -9.94. The van der Waals surface area contributed by atoms with Crippen LogP contribution in [0.15, 0.2) is 24.3 Å². The number of ether oxygens (including phenoxy) is 4. The van der Waals surface area contributed by atoms with Crippen LogP contribution in [0.3, 0.4) is 0 Å². The van der Waals surface area contributed by atoms with E-state index in [4.69, 9.17) is 37.0 Å². The van der Waals surface area contributed by atoms with E-state index >= 15 is 0 Å². The quantitative estimate of drug-likeness (QED) is 0.0169. The fraction of sp³-hybridized carbons (Fsp3) is 0.907. The summed E-state index contributed by atoms with van der Waals surface area (Å²) in [6.45, 7) is 9.68. The fourth-order valence-corrected chi connectivity index (χ4v) is 14.4. The van der Waals surface area contributed by atoms with Crippen LogP contribution >= 0.6 is 15.6 Å². The Hall–Kier alpha value is -2.46. The van der Waals surface area contributed by atoms with Crippen LogP contribution in [0.25, 0.3) is 0 Å². The zero-order valence-electron chi connectivity index (χ0n) is 68.5. The third kappa shape index (κ3) is 78.0. The minimum absolute atomic E-state index is 0.102. The van der Waals surface area contributed by atoms with Crippen molar-refractivity contribution >= 4 is 39.5 Å². The van der Waals surface area contributed by atoms with Crippen molar-refractivity contribution in [2.75, 3.05) is 39.6 Å². The van der Waals surface area contributed by atoms with Crippen LogP contribution in [0, 0.1) is 11.8 Å². The lowest BCUT2D eigenvalue weighted by atomic mass is 9.99. The lowest BCUT2D eigenvalue weighted by Gasteiger charge is -2.21. The van der Waals surface area contributed by atoms with Crippen molar-refractivity contribution in [1.29, 1.82) is 0 Å². The fourth-order valence-electron chi connectivity index (χ4n) is 12.8. The number of esters is 4. The average Bonchev–Trinajstić information content (AvgIpc) is 0.901. The van der Waals surface area contributed by atoms with Crippen LogP contribution in [0.1, 0.15) is 433 Å². The third-order valence-corrected chi connectivity index (χ3v) is 21.8. The number of unbranched alkanes of at least 4 members (excludes halogenated alkanes) is 49. The monoisotopic (exact) mass is 1530 g/mol. The van der Waals surface area contributed by atoms with Crippen molar-refractivity contribution in [3.8, 4) is 0 Å². The number of rotatable bonds is 83. The maximum Gasteiger partial charge on any atom is 0.472 e. The van der Waals surface area contributed by atoms with Gasteiger partial charge in [-0.1, -0.05) is 380 Å². The van der Waals surface area contributed by atoms with Crippen LogP contribution in [0.5, 0.6) is 0 Å². The van der Waals surface area contributed by atoms with Crippen LogP contribution in [-0.2, 0) is 65.4 Å². The molecule has 0 amide bonds. The standard InChI is InChI=1S/C86H164O17P2/c1-7-10-12-14-16-18-20-22-27-32-39-45-51-57-63-69-84(89)97-75-81(102-85(90)70-64-58-52-46-40-33-29-26-24-23-25-28-31-37-43-49-55-61-67-79(6)9-3)76-100-104(92,93)98-72-80(87)73-99-105(94,95)101-77-82(74-96-83(88)68-62-56-50-44-38-30-21-19-17-15-13-11-8-2)103-86(91)71-65-59-53-47-41-35-34-36-42-48-54-60-66-78(4)5/h18,20,22,27,78-82,87H,7-17,19,21,23-26,28-77H2,1-6H3,(H,92,93)(H,94,95)/b20-18-,27-22-/t79?,80-,81-,82-/m1/s1. The molecule has 0 aromatic rings. The minimum atomic E-state index is -4.97. The number of hydrogen-bond donors (Lipinski definition) is 3. The maximum absolute atomic E-state index is 13.1. The second kappa shape index (κ2) is 76.9. The van der Waals surface area contributed by atoms with Crippen molar-refractivity contribution in [2.45, 2.75) is 452 Å². The molecular formula is C86H164O17P2. The van der Waals surface area contributed by atoms with Gasteiger partial charge in [0.1, 0.15) is 19.3 Å². The van der Waals surface area contributed by atoms with Gasteiger partial charge in [-0.05, 0) is 63.2 Å². The molecule has 0 saturated heterocycles. The topological polar surface area (TPSA) is 237 Å². The SMILES string of the molecule is CCCCCC/C=C\C=C/CCCCCCCC(=O)OC[C@H](COP(=O)(O)OC[C@@H](O)COP(=O)(O)OC[C@@H](COC(=O)CCCCCCCCCCCCCCC)OC(=O)CCCCCCCCCCCCCCC(C)C)OC(=O)CCCCCCCCCCCCCCCCCCCCC(C)CC. The van der Waals surface area contributed by atoms with E-state index in [1.165, 1.54) is 231 Å². The molecule has 0 saturated carbocycles. The summed E-state index contributed by atoms with van der Waals surface area (Å²) in [5.74, 6) is -0.487. The Balaban J connectivity index is 5.27. The van der Waals surface area contributed by atoms with Gasteiger partial charge in [0.05, 0.1) is 26.4 Å². The van der Waals surface area contributed by atoms with Crippen molar-refractivity contribution in [2.24, 2.45) is 11.8 Å². The summed E-state index contributed by atoms with van der Waals surface area (Å²) in [6, 6.07) is 0. The molecule has 0 aliphatic heterocycles. The van der Waals surface area contributed by atoms with Gasteiger partial charge in [-0.2, -0.15) is 0 Å². The highest BCUT2D eigenvalue weighted by molar-refractivity contribution is 7.47. The van der Waals surface area contributed by atoms with E-state index in [0.717, 1.165) is 121 Å². The third-order valence-electron chi connectivity index (χ3n) is 19.9. The second-order valence-corrected chi connectivity index (χ2v) is 33.9. The molecule has 0 radical (unpaired) electrons. The van der Waals surface area contributed by atoms with E-state index in [9.17, 15) is 43.2 Å². The van der Waals surface area contributed by atoms with Gasteiger partial charge in [-0.25, -0.2) is 9.13 Å². The van der Waals surface area contributed by atoms with Gasteiger partial charge in [0, 0.05) is 25.7 Å². The number of aliphatic hydroxyl groups is 1. The molecule has 0 spiro atoms. The van der Waals surface area contributed by atoms with Gasteiger partial charge in [0.2, 0.25) is 0 Å². The molecule has 3 unspecified atom stereocenters. The number of hydrogen-bond acceptors (Lipinski definition) is 15. The predicted molar refractivity (Wildman–Crippen MR) is 432 cm³/mol. The Labute approximate surface area is 643 Å². The maximum atomic E-state index is 13.1. The number of allylic oxidation sites excluding steroid dienone is 4. The first-order chi connectivity index (χ1) is 50.9. The molecule has 0 aliphatic rings. The van der Waals surface area contributed by atoms with Crippen LogP contribution in [0.2, 0.25) is 0 Å². The smallest absolute Gasteiger partial charge is 0.462 e. The molecule has 3 N–H and O–H groups in total. The molecule has 0 heterocycles. The molecule has 19 heteroatoms. The average molecular weight is 1530 g/mol. The summed E-state index contributed by atoms with van der Waals surface area (Å²) >= 11 is 0. The normalized spacial score (nSPS) is 14.2. The van der Waals surface area contributed by atoms with Gasteiger partial charge < -0.3 is 33.8 Å². The molecule has 0 fully saturated rings. The Bertz CT molecular complexity index is 2110. The predicted octanol–water partition coefficient (Wildman–Crippen LogP) is 25.8. The molecule has 0 aliphatic carbocycles. The minimum Gasteiger partial charge on any atom is -0.462 e. The lowest BCUT2D eigenvalue weighted by molar-refractivity contribution is -0.161. The molecule has 0 bridgehead atoms. The van der Waals surface area contributed by atoms with E-state index < -0.39 is 97.5 Å².